The molecule has 2 aliphatic rings. The second-order valence-corrected chi connectivity index (χ2v) is 8.19. The number of aromatic hydroxyl groups is 1. The lowest BCUT2D eigenvalue weighted by molar-refractivity contribution is -0.118. The highest BCUT2D eigenvalue weighted by Gasteiger charge is 2.44. The average molecular weight is 450 g/mol. The second-order valence-electron chi connectivity index (χ2n) is 8.19. The maximum atomic E-state index is 12.8. The number of hydrogen-bond donors (Lipinski definition) is 4. The zero-order valence-corrected chi connectivity index (χ0v) is 18.0. The first-order valence-corrected chi connectivity index (χ1v) is 10.8. The molecule has 32 heavy (non-hydrogen) atoms. The quantitative estimate of drug-likeness (QED) is 0.397. The fourth-order valence-corrected chi connectivity index (χ4v) is 3.78. The number of aliphatic hydroxyl groups is 3. The number of carbonyl (C=O) groups excluding carboxylic acids is 2. The SMILES string of the molecule is CC1CC=CCCCCC(=O)Cc2cc(OC3OC(CO)C(O)C3O)cc(O)c2C(=O)O1. The van der Waals surface area contributed by atoms with E-state index in [1.165, 1.54) is 6.07 Å². The van der Waals surface area contributed by atoms with E-state index < -0.39 is 49.0 Å². The smallest absolute Gasteiger partial charge is 0.342 e. The van der Waals surface area contributed by atoms with Crippen molar-refractivity contribution in [1.29, 1.82) is 0 Å². The van der Waals surface area contributed by atoms with Gasteiger partial charge in [-0.15, -0.1) is 0 Å². The van der Waals surface area contributed by atoms with Gasteiger partial charge in [-0.2, -0.15) is 0 Å². The number of phenolic OH excluding ortho intramolecular Hbond substituents is 1. The van der Waals surface area contributed by atoms with Gasteiger partial charge in [0.2, 0.25) is 6.29 Å². The van der Waals surface area contributed by atoms with Gasteiger partial charge in [-0.25, -0.2) is 4.79 Å². The molecule has 5 unspecified atom stereocenters. The zero-order valence-electron chi connectivity index (χ0n) is 18.0. The molecular weight excluding hydrogens is 420 g/mol. The third-order valence-corrected chi connectivity index (χ3v) is 5.53. The van der Waals surface area contributed by atoms with E-state index in [4.69, 9.17) is 14.2 Å². The number of ether oxygens (including phenoxy) is 3. The summed E-state index contributed by atoms with van der Waals surface area (Å²) in [5.74, 6) is -1.24. The summed E-state index contributed by atoms with van der Waals surface area (Å²) in [6, 6.07) is 2.58. The molecule has 9 heteroatoms. The lowest BCUT2D eigenvalue weighted by Gasteiger charge is -2.20. The first-order valence-electron chi connectivity index (χ1n) is 10.8. The van der Waals surface area contributed by atoms with E-state index in [1.807, 2.05) is 12.2 Å². The van der Waals surface area contributed by atoms with Crippen molar-refractivity contribution in [1.82, 2.24) is 0 Å². The van der Waals surface area contributed by atoms with Crippen molar-refractivity contribution in [2.45, 2.75) is 76.2 Å². The van der Waals surface area contributed by atoms with Gasteiger partial charge in [0, 0.05) is 25.3 Å². The number of Topliss-reactive ketones (excluding diaryl/α,β-unsaturated/α-hetero) is 1. The number of carbonyl (C=O) groups is 2. The van der Waals surface area contributed by atoms with Crippen LogP contribution in [0.3, 0.4) is 0 Å². The third-order valence-electron chi connectivity index (χ3n) is 5.53. The molecule has 176 valence electrons. The Morgan fingerprint density at radius 2 is 1.91 bits per heavy atom. The van der Waals surface area contributed by atoms with Crippen LogP contribution in [0.4, 0.5) is 0 Å². The topological polar surface area (TPSA) is 143 Å². The zero-order chi connectivity index (χ0) is 23.3. The predicted molar refractivity (Wildman–Crippen MR) is 112 cm³/mol. The molecule has 1 saturated heterocycles. The van der Waals surface area contributed by atoms with Gasteiger partial charge < -0.3 is 34.6 Å². The minimum atomic E-state index is -1.43. The van der Waals surface area contributed by atoms with Crippen LogP contribution in [-0.2, 0) is 20.7 Å². The van der Waals surface area contributed by atoms with E-state index in [0.29, 0.717) is 19.3 Å². The number of aliphatic hydroxyl groups excluding tert-OH is 3. The van der Waals surface area contributed by atoms with Gasteiger partial charge in [-0.05, 0) is 37.8 Å². The Labute approximate surface area is 186 Å². The van der Waals surface area contributed by atoms with Gasteiger partial charge in [0.15, 0.2) is 0 Å². The fraction of sp³-hybridized carbons (Fsp3) is 0.565. The number of allylic oxidation sites excluding steroid dienone is 1. The molecule has 0 radical (unpaired) electrons. The summed E-state index contributed by atoms with van der Waals surface area (Å²) in [6.45, 7) is 1.23. The molecule has 0 aromatic heterocycles. The van der Waals surface area contributed by atoms with Crippen LogP contribution in [0.2, 0.25) is 0 Å². The Kier molecular flexibility index (Phi) is 8.25. The van der Waals surface area contributed by atoms with Crippen molar-refractivity contribution in [2.75, 3.05) is 6.61 Å². The Hall–Kier alpha value is -2.46. The molecular formula is C23H30O9. The normalized spacial score (nSPS) is 29.8. The fourth-order valence-electron chi connectivity index (χ4n) is 3.78. The minimum Gasteiger partial charge on any atom is -0.507 e. The van der Waals surface area contributed by atoms with E-state index in [0.717, 1.165) is 18.9 Å². The van der Waals surface area contributed by atoms with Gasteiger partial charge in [0.05, 0.1) is 6.61 Å². The van der Waals surface area contributed by atoms with Gasteiger partial charge in [-0.1, -0.05) is 12.2 Å². The molecule has 3 rings (SSSR count). The van der Waals surface area contributed by atoms with Crippen molar-refractivity contribution in [3.05, 3.63) is 35.4 Å². The van der Waals surface area contributed by atoms with E-state index in [-0.39, 0.29) is 29.1 Å². The van der Waals surface area contributed by atoms with Crippen molar-refractivity contribution < 1.29 is 44.2 Å². The maximum Gasteiger partial charge on any atom is 0.342 e. The molecule has 0 aliphatic carbocycles. The molecule has 0 amide bonds. The second kappa shape index (κ2) is 10.9. The summed E-state index contributed by atoms with van der Waals surface area (Å²) >= 11 is 0. The number of ketones is 1. The predicted octanol–water partition coefficient (Wildman–Crippen LogP) is 1.39. The van der Waals surface area contributed by atoms with Crippen molar-refractivity contribution in [2.24, 2.45) is 0 Å². The molecule has 9 nitrogen and oxygen atoms in total. The Morgan fingerprint density at radius 1 is 1.12 bits per heavy atom. The van der Waals surface area contributed by atoms with Gasteiger partial charge >= 0.3 is 5.97 Å². The van der Waals surface area contributed by atoms with Crippen LogP contribution < -0.4 is 4.74 Å². The summed E-state index contributed by atoms with van der Waals surface area (Å²) in [5.41, 5.74) is 0.126. The molecule has 0 bridgehead atoms. The van der Waals surface area contributed by atoms with Crippen molar-refractivity contribution >= 4 is 11.8 Å². The summed E-state index contributed by atoms with van der Waals surface area (Å²) in [4.78, 5) is 25.3. The largest absolute Gasteiger partial charge is 0.507 e. The molecule has 1 aromatic carbocycles. The molecule has 1 aromatic rings. The highest BCUT2D eigenvalue weighted by molar-refractivity contribution is 5.96. The Balaban J connectivity index is 1.88. The summed E-state index contributed by atoms with van der Waals surface area (Å²) in [6.07, 6.45) is 1.62. The van der Waals surface area contributed by atoms with E-state index in [9.17, 15) is 30.0 Å². The average Bonchev–Trinajstić information content (AvgIpc) is 3.00. The first-order chi connectivity index (χ1) is 15.3. The van der Waals surface area contributed by atoms with Crippen LogP contribution in [0.1, 0.15) is 54.9 Å². The van der Waals surface area contributed by atoms with E-state index in [1.54, 1.807) is 6.92 Å². The lowest BCUT2D eigenvalue weighted by Crippen LogP contribution is -2.35. The molecule has 0 spiro atoms. The Morgan fingerprint density at radius 3 is 2.62 bits per heavy atom. The monoisotopic (exact) mass is 450 g/mol. The van der Waals surface area contributed by atoms with Gasteiger partial charge in [-0.3, -0.25) is 4.79 Å². The van der Waals surface area contributed by atoms with Crippen LogP contribution in [0.15, 0.2) is 24.3 Å². The van der Waals surface area contributed by atoms with Crippen LogP contribution in [0.5, 0.6) is 11.5 Å². The van der Waals surface area contributed by atoms with Gasteiger partial charge in [0.1, 0.15) is 47.3 Å². The minimum absolute atomic E-state index is 0.0359. The maximum absolute atomic E-state index is 12.8. The number of hydrogen-bond acceptors (Lipinski definition) is 9. The number of rotatable bonds is 3. The highest BCUT2D eigenvalue weighted by atomic mass is 16.7. The first kappa shape index (κ1) is 24.2. The van der Waals surface area contributed by atoms with E-state index in [2.05, 4.69) is 0 Å². The molecule has 2 aliphatic heterocycles. The number of fused-ring (bicyclic) bond motifs is 1. The number of cyclic esters (lactones) is 1. The number of phenols is 1. The summed E-state index contributed by atoms with van der Waals surface area (Å²) in [5, 5.41) is 39.8. The van der Waals surface area contributed by atoms with Crippen LogP contribution >= 0.6 is 0 Å². The Bertz CT molecular complexity index is 850. The lowest BCUT2D eigenvalue weighted by atomic mass is 9.98. The molecule has 1 fully saturated rings. The van der Waals surface area contributed by atoms with E-state index >= 15 is 0 Å². The third kappa shape index (κ3) is 5.86. The standard InChI is InChI=1S/C23H30O9/c1-13-7-5-3-2-4-6-8-15(25)9-14-10-16(11-17(26)19(14)22(29)30-13)31-23-21(28)20(27)18(12-24)32-23/h3,5,10-11,13,18,20-21,23-24,26-28H,2,4,6-9,12H2,1H3. The summed E-state index contributed by atoms with van der Waals surface area (Å²) in [7, 11) is 0. The number of benzene rings is 1. The van der Waals surface area contributed by atoms with Crippen LogP contribution in [0.25, 0.3) is 0 Å². The van der Waals surface area contributed by atoms with Crippen molar-refractivity contribution in [3.63, 3.8) is 0 Å². The molecule has 2 heterocycles. The van der Waals surface area contributed by atoms with Crippen LogP contribution in [-0.4, -0.2) is 69.5 Å². The van der Waals surface area contributed by atoms with Gasteiger partial charge in [0.25, 0.3) is 0 Å². The van der Waals surface area contributed by atoms with Crippen LogP contribution in [0, 0.1) is 0 Å². The van der Waals surface area contributed by atoms with Crippen molar-refractivity contribution in [3.8, 4) is 11.5 Å². The molecule has 0 saturated carbocycles. The molecule has 4 N–H and O–H groups in total. The highest BCUT2D eigenvalue weighted by Crippen LogP contribution is 2.33. The molecule has 5 atom stereocenters. The number of esters is 1. The summed E-state index contributed by atoms with van der Waals surface area (Å²) < 4.78 is 16.3.